The van der Waals surface area contributed by atoms with Gasteiger partial charge in [-0.05, 0) is 35.9 Å². The van der Waals surface area contributed by atoms with Gasteiger partial charge in [0, 0.05) is 11.6 Å². The van der Waals surface area contributed by atoms with E-state index in [0.717, 1.165) is 30.3 Å². The first-order valence-corrected chi connectivity index (χ1v) is 4.96. The molecule has 0 amide bonds. The van der Waals surface area contributed by atoms with Crippen molar-refractivity contribution in [2.24, 2.45) is 0 Å². The molecular formula is C13H7F3O2. The van der Waals surface area contributed by atoms with Crippen LogP contribution in [0.25, 0.3) is 11.1 Å². The molecule has 2 aromatic carbocycles. The van der Waals surface area contributed by atoms with Gasteiger partial charge in [-0.15, -0.1) is 0 Å². The van der Waals surface area contributed by atoms with Crippen molar-refractivity contribution < 1.29 is 23.1 Å². The molecule has 1 N–H and O–H groups in total. The van der Waals surface area contributed by atoms with Crippen LogP contribution in [0.3, 0.4) is 0 Å². The molecule has 2 nitrogen and oxygen atoms in total. The average Bonchev–Trinajstić information content (AvgIpc) is 2.27. The van der Waals surface area contributed by atoms with Crippen LogP contribution in [0.2, 0.25) is 0 Å². The molecule has 92 valence electrons. The minimum atomic E-state index is -1.24. The van der Waals surface area contributed by atoms with Gasteiger partial charge in [0.25, 0.3) is 0 Å². The van der Waals surface area contributed by atoms with Crippen LogP contribution < -0.4 is 0 Å². The highest BCUT2D eigenvalue weighted by molar-refractivity contribution is 5.89. The second-order valence-electron chi connectivity index (χ2n) is 3.66. The Balaban J connectivity index is 2.62. The maximum atomic E-state index is 13.5. The second kappa shape index (κ2) is 4.52. The smallest absolute Gasteiger partial charge is 0.335 e. The predicted molar refractivity (Wildman–Crippen MR) is 58.7 cm³/mol. The Morgan fingerprint density at radius 3 is 2.11 bits per heavy atom. The first-order valence-electron chi connectivity index (χ1n) is 4.96. The van der Waals surface area contributed by atoms with Crippen LogP contribution in [0, 0.1) is 17.5 Å². The molecule has 0 aliphatic carbocycles. The number of rotatable bonds is 2. The maximum absolute atomic E-state index is 13.5. The highest BCUT2D eigenvalue weighted by Crippen LogP contribution is 2.25. The Kier molecular flexibility index (Phi) is 3.06. The van der Waals surface area contributed by atoms with E-state index in [4.69, 9.17) is 5.11 Å². The lowest BCUT2D eigenvalue weighted by Gasteiger charge is -2.05. The number of halogens is 3. The first-order chi connectivity index (χ1) is 8.47. The summed E-state index contributed by atoms with van der Waals surface area (Å²) in [5.74, 6) is -3.70. The minimum Gasteiger partial charge on any atom is -0.478 e. The number of carboxylic acids is 1. The Hall–Kier alpha value is -2.30. The van der Waals surface area contributed by atoms with Crippen LogP contribution in [0.1, 0.15) is 10.4 Å². The molecule has 0 aliphatic rings. The number of carboxylic acid groups (broad SMARTS) is 1. The summed E-state index contributed by atoms with van der Waals surface area (Å²) in [6.45, 7) is 0. The van der Waals surface area contributed by atoms with Gasteiger partial charge in [-0.2, -0.15) is 0 Å². The molecule has 2 rings (SSSR count). The van der Waals surface area contributed by atoms with Gasteiger partial charge in [0.15, 0.2) is 0 Å². The van der Waals surface area contributed by atoms with E-state index in [1.165, 1.54) is 0 Å². The summed E-state index contributed by atoms with van der Waals surface area (Å²) in [4.78, 5) is 10.8. The monoisotopic (exact) mass is 252 g/mol. The molecule has 0 spiro atoms. The lowest BCUT2D eigenvalue weighted by molar-refractivity contribution is 0.0697. The molecule has 2 aromatic rings. The van der Waals surface area contributed by atoms with Crippen LogP contribution in [-0.4, -0.2) is 11.1 Å². The molecule has 0 saturated heterocycles. The van der Waals surface area contributed by atoms with Gasteiger partial charge in [0.2, 0.25) is 0 Å². The predicted octanol–water partition coefficient (Wildman–Crippen LogP) is 3.47. The Morgan fingerprint density at radius 2 is 1.56 bits per heavy atom. The van der Waals surface area contributed by atoms with E-state index in [0.29, 0.717) is 6.07 Å². The van der Waals surface area contributed by atoms with Gasteiger partial charge in [0.05, 0.1) is 5.56 Å². The van der Waals surface area contributed by atoms with E-state index in [2.05, 4.69) is 0 Å². The summed E-state index contributed by atoms with van der Waals surface area (Å²) >= 11 is 0. The second-order valence-corrected chi connectivity index (χ2v) is 3.66. The van der Waals surface area contributed by atoms with Crippen molar-refractivity contribution in [1.82, 2.24) is 0 Å². The van der Waals surface area contributed by atoms with Gasteiger partial charge >= 0.3 is 5.97 Å². The third kappa shape index (κ3) is 2.34. The zero-order valence-corrected chi connectivity index (χ0v) is 8.95. The van der Waals surface area contributed by atoms with Crippen LogP contribution in [0.4, 0.5) is 13.2 Å². The van der Waals surface area contributed by atoms with E-state index < -0.39 is 23.4 Å². The number of hydrogen-bond donors (Lipinski definition) is 1. The lowest BCUT2D eigenvalue weighted by atomic mass is 10.0. The van der Waals surface area contributed by atoms with E-state index in [-0.39, 0.29) is 16.7 Å². The number of hydrogen-bond acceptors (Lipinski definition) is 1. The van der Waals surface area contributed by atoms with Gasteiger partial charge in [0.1, 0.15) is 17.5 Å². The van der Waals surface area contributed by atoms with Crippen LogP contribution in [0.15, 0.2) is 36.4 Å². The zero-order valence-electron chi connectivity index (χ0n) is 8.95. The Bertz CT molecular complexity index is 603. The van der Waals surface area contributed by atoms with Crippen LogP contribution in [0.5, 0.6) is 0 Å². The van der Waals surface area contributed by atoms with Crippen LogP contribution >= 0.6 is 0 Å². The fourth-order valence-corrected chi connectivity index (χ4v) is 1.59. The molecule has 0 bridgehead atoms. The summed E-state index contributed by atoms with van der Waals surface area (Å²) in [5, 5.41) is 8.79. The Morgan fingerprint density at radius 1 is 0.944 bits per heavy atom. The summed E-state index contributed by atoms with van der Waals surface area (Å²) < 4.78 is 39.6. The van der Waals surface area contributed by atoms with Crippen molar-refractivity contribution >= 4 is 5.97 Å². The fourth-order valence-electron chi connectivity index (χ4n) is 1.59. The van der Waals surface area contributed by atoms with E-state index >= 15 is 0 Å². The van der Waals surface area contributed by atoms with Crippen molar-refractivity contribution in [2.45, 2.75) is 0 Å². The molecule has 0 atom stereocenters. The number of aromatic carboxylic acids is 1. The fraction of sp³-hybridized carbons (Fsp3) is 0. The van der Waals surface area contributed by atoms with Crippen molar-refractivity contribution in [3.63, 3.8) is 0 Å². The van der Waals surface area contributed by atoms with Gasteiger partial charge < -0.3 is 5.11 Å². The zero-order chi connectivity index (χ0) is 13.3. The standard InChI is InChI=1S/C13H7F3O2/c14-9-3-8(4-10(15)6-9)11-5-7(13(17)18)1-2-12(11)16/h1-6H,(H,17,18). The molecular weight excluding hydrogens is 245 g/mol. The van der Waals surface area contributed by atoms with E-state index in [1.54, 1.807) is 0 Å². The summed E-state index contributed by atoms with van der Waals surface area (Å²) in [7, 11) is 0. The molecule has 0 saturated carbocycles. The van der Waals surface area contributed by atoms with E-state index in [9.17, 15) is 18.0 Å². The topological polar surface area (TPSA) is 37.3 Å². The molecule has 0 aliphatic heterocycles. The minimum absolute atomic E-state index is 0.0481. The van der Waals surface area contributed by atoms with Crippen LogP contribution in [-0.2, 0) is 0 Å². The molecule has 0 aromatic heterocycles. The van der Waals surface area contributed by atoms with Crippen molar-refractivity contribution in [3.05, 3.63) is 59.4 Å². The van der Waals surface area contributed by atoms with Crippen molar-refractivity contribution in [3.8, 4) is 11.1 Å². The molecule has 0 fully saturated rings. The molecule has 5 heteroatoms. The van der Waals surface area contributed by atoms with Crippen molar-refractivity contribution in [2.75, 3.05) is 0 Å². The quantitative estimate of drug-likeness (QED) is 0.888. The summed E-state index contributed by atoms with van der Waals surface area (Å²) in [5.41, 5.74) is -0.363. The van der Waals surface area contributed by atoms with E-state index in [1.807, 2.05) is 0 Å². The summed E-state index contributed by atoms with van der Waals surface area (Å²) in [6, 6.07) is 5.59. The lowest BCUT2D eigenvalue weighted by Crippen LogP contribution is -1.98. The number of carbonyl (C=O) groups is 1. The normalized spacial score (nSPS) is 10.4. The maximum Gasteiger partial charge on any atom is 0.335 e. The SMILES string of the molecule is O=C(O)c1ccc(F)c(-c2cc(F)cc(F)c2)c1. The molecule has 0 unspecified atom stereocenters. The Labute approximate surface area is 100 Å². The number of benzene rings is 2. The van der Waals surface area contributed by atoms with Gasteiger partial charge in [-0.3, -0.25) is 0 Å². The molecule has 18 heavy (non-hydrogen) atoms. The third-order valence-electron chi connectivity index (χ3n) is 2.39. The first kappa shape index (κ1) is 12.2. The van der Waals surface area contributed by atoms with Gasteiger partial charge in [-0.25, -0.2) is 18.0 Å². The third-order valence-corrected chi connectivity index (χ3v) is 2.39. The largest absolute Gasteiger partial charge is 0.478 e. The highest BCUT2D eigenvalue weighted by atomic mass is 19.1. The molecule has 0 radical (unpaired) electrons. The summed E-state index contributed by atoms with van der Waals surface area (Å²) in [6.07, 6.45) is 0. The van der Waals surface area contributed by atoms with Crippen molar-refractivity contribution in [1.29, 1.82) is 0 Å². The highest BCUT2D eigenvalue weighted by Gasteiger charge is 2.11. The van der Waals surface area contributed by atoms with Gasteiger partial charge in [-0.1, -0.05) is 0 Å². The average molecular weight is 252 g/mol. The molecule has 0 heterocycles.